The summed E-state index contributed by atoms with van der Waals surface area (Å²) in [6, 6.07) is 10.3. The molecule has 0 fully saturated rings. The van der Waals surface area contributed by atoms with Gasteiger partial charge in [0.05, 0.1) is 12.0 Å². The number of ether oxygens (including phenoxy) is 1. The second kappa shape index (κ2) is 7.15. The molecule has 0 aromatic heterocycles. The molecule has 1 heterocycles. The van der Waals surface area contributed by atoms with Gasteiger partial charge in [0.15, 0.2) is 5.78 Å². The standard InChI is InChI=1S/C16H14O5.C2H6/c17-10-3-1-9(2-4-10)15(19)13-8-21-14-6-5-11(18)7-12(14)16(13)20;1-2/h1-7,13,16-18,20H,8H2;1-2H3. The molecule has 0 saturated carbocycles. The lowest BCUT2D eigenvalue weighted by Gasteiger charge is -2.29. The molecule has 3 rings (SSSR count). The predicted molar refractivity (Wildman–Crippen MR) is 85.8 cm³/mol. The minimum Gasteiger partial charge on any atom is -0.508 e. The SMILES string of the molecule is CC.O=C(c1ccc(O)cc1)C1COc2ccc(O)cc2C1O. The van der Waals surface area contributed by atoms with Crippen molar-refractivity contribution in [2.45, 2.75) is 20.0 Å². The number of rotatable bonds is 2. The van der Waals surface area contributed by atoms with Gasteiger partial charge >= 0.3 is 0 Å². The van der Waals surface area contributed by atoms with Crippen molar-refractivity contribution >= 4 is 5.78 Å². The lowest BCUT2D eigenvalue weighted by atomic mass is 9.87. The highest BCUT2D eigenvalue weighted by Gasteiger charge is 2.35. The lowest BCUT2D eigenvalue weighted by molar-refractivity contribution is 0.0416. The Kier molecular flexibility index (Phi) is 5.24. The highest BCUT2D eigenvalue weighted by Crippen LogP contribution is 2.38. The molecule has 0 amide bonds. The van der Waals surface area contributed by atoms with E-state index in [0.717, 1.165) is 0 Å². The van der Waals surface area contributed by atoms with E-state index < -0.39 is 12.0 Å². The molecule has 3 N–H and O–H groups in total. The van der Waals surface area contributed by atoms with Crippen LogP contribution in [0.4, 0.5) is 0 Å². The number of Topliss-reactive ketones (excluding diaryl/α,β-unsaturated/α-hetero) is 1. The first-order chi connectivity index (χ1) is 11.1. The van der Waals surface area contributed by atoms with Gasteiger partial charge < -0.3 is 20.1 Å². The molecule has 0 spiro atoms. The molecule has 2 atom stereocenters. The maximum atomic E-state index is 12.4. The maximum Gasteiger partial charge on any atom is 0.172 e. The van der Waals surface area contributed by atoms with E-state index in [4.69, 9.17) is 4.74 Å². The monoisotopic (exact) mass is 316 g/mol. The van der Waals surface area contributed by atoms with E-state index >= 15 is 0 Å². The Bertz CT molecular complexity index is 678. The third kappa shape index (κ3) is 3.46. The molecule has 1 aliphatic rings. The first-order valence-corrected chi connectivity index (χ1v) is 7.53. The van der Waals surface area contributed by atoms with Crippen LogP contribution in [-0.2, 0) is 0 Å². The highest BCUT2D eigenvalue weighted by atomic mass is 16.5. The van der Waals surface area contributed by atoms with E-state index in [2.05, 4.69) is 0 Å². The largest absolute Gasteiger partial charge is 0.508 e. The number of benzene rings is 2. The zero-order chi connectivity index (χ0) is 17.0. The Morgan fingerprint density at radius 1 is 1.04 bits per heavy atom. The minimum atomic E-state index is -1.04. The Hall–Kier alpha value is -2.53. The normalized spacial score (nSPS) is 18.9. The Labute approximate surface area is 134 Å². The summed E-state index contributed by atoms with van der Waals surface area (Å²) >= 11 is 0. The zero-order valence-electron chi connectivity index (χ0n) is 13.1. The van der Waals surface area contributed by atoms with Crippen molar-refractivity contribution in [1.82, 2.24) is 0 Å². The van der Waals surface area contributed by atoms with Crippen molar-refractivity contribution in [3.05, 3.63) is 53.6 Å². The van der Waals surface area contributed by atoms with E-state index in [1.165, 1.54) is 36.4 Å². The maximum absolute atomic E-state index is 12.4. The van der Waals surface area contributed by atoms with Gasteiger partial charge in [-0.3, -0.25) is 4.79 Å². The van der Waals surface area contributed by atoms with Crippen LogP contribution in [0.5, 0.6) is 17.2 Å². The van der Waals surface area contributed by atoms with E-state index in [1.54, 1.807) is 6.07 Å². The number of aliphatic hydroxyl groups is 1. The molecule has 23 heavy (non-hydrogen) atoms. The summed E-state index contributed by atoms with van der Waals surface area (Å²) in [7, 11) is 0. The van der Waals surface area contributed by atoms with Crippen molar-refractivity contribution in [2.75, 3.05) is 6.61 Å². The fraction of sp³-hybridized carbons (Fsp3) is 0.278. The van der Waals surface area contributed by atoms with Gasteiger partial charge in [0, 0.05) is 11.1 Å². The lowest BCUT2D eigenvalue weighted by Crippen LogP contribution is -2.32. The van der Waals surface area contributed by atoms with E-state index in [1.807, 2.05) is 13.8 Å². The fourth-order valence-corrected chi connectivity index (χ4v) is 2.44. The third-order valence-electron chi connectivity index (χ3n) is 3.60. The van der Waals surface area contributed by atoms with Crippen LogP contribution >= 0.6 is 0 Å². The smallest absolute Gasteiger partial charge is 0.172 e. The highest BCUT2D eigenvalue weighted by molar-refractivity contribution is 5.98. The molecule has 2 aromatic rings. The number of fused-ring (bicyclic) bond motifs is 1. The van der Waals surface area contributed by atoms with E-state index in [-0.39, 0.29) is 23.9 Å². The van der Waals surface area contributed by atoms with Crippen molar-refractivity contribution in [2.24, 2.45) is 5.92 Å². The summed E-state index contributed by atoms with van der Waals surface area (Å²) in [5.74, 6) is -0.466. The number of ketones is 1. The van der Waals surface area contributed by atoms with Gasteiger partial charge in [0.2, 0.25) is 0 Å². The fourth-order valence-electron chi connectivity index (χ4n) is 2.44. The minimum absolute atomic E-state index is 0.00846. The summed E-state index contributed by atoms with van der Waals surface area (Å²) in [5.41, 5.74) is 0.794. The average molecular weight is 316 g/mol. The van der Waals surface area contributed by atoms with Gasteiger partial charge in [-0.25, -0.2) is 0 Å². The molecule has 5 nitrogen and oxygen atoms in total. The molecular weight excluding hydrogens is 296 g/mol. The number of carbonyl (C=O) groups excluding carboxylic acids is 1. The second-order valence-electron chi connectivity index (χ2n) is 5.00. The van der Waals surface area contributed by atoms with Crippen LogP contribution in [0.25, 0.3) is 0 Å². The molecule has 0 radical (unpaired) electrons. The van der Waals surface area contributed by atoms with Crippen LogP contribution < -0.4 is 4.74 Å². The number of phenols is 2. The first kappa shape index (κ1) is 16.8. The van der Waals surface area contributed by atoms with Crippen LogP contribution in [0.1, 0.15) is 35.9 Å². The number of phenolic OH excluding ortho intramolecular Hbond substituents is 2. The van der Waals surface area contributed by atoms with Crippen molar-refractivity contribution in [3.8, 4) is 17.2 Å². The Morgan fingerprint density at radius 3 is 2.30 bits per heavy atom. The quantitative estimate of drug-likeness (QED) is 0.741. The molecule has 5 heteroatoms. The van der Waals surface area contributed by atoms with Crippen molar-refractivity contribution < 1.29 is 24.9 Å². The van der Waals surface area contributed by atoms with Gasteiger partial charge in [-0.2, -0.15) is 0 Å². The van der Waals surface area contributed by atoms with Gasteiger partial charge in [-0.15, -0.1) is 0 Å². The molecule has 0 aliphatic carbocycles. The van der Waals surface area contributed by atoms with Gasteiger partial charge in [0.25, 0.3) is 0 Å². The van der Waals surface area contributed by atoms with E-state index in [0.29, 0.717) is 16.9 Å². The first-order valence-electron chi connectivity index (χ1n) is 7.53. The number of hydrogen-bond acceptors (Lipinski definition) is 5. The molecule has 122 valence electrons. The van der Waals surface area contributed by atoms with Crippen LogP contribution in [0.2, 0.25) is 0 Å². The molecule has 1 aliphatic heterocycles. The van der Waals surface area contributed by atoms with Crippen molar-refractivity contribution in [3.63, 3.8) is 0 Å². The predicted octanol–water partition coefficient (Wildman–Crippen LogP) is 3.05. The van der Waals surface area contributed by atoms with E-state index in [9.17, 15) is 20.1 Å². The average Bonchev–Trinajstić information content (AvgIpc) is 2.58. The molecule has 2 aromatic carbocycles. The third-order valence-corrected chi connectivity index (χ3v) is 3.60. The van der Waals surface area contributed by atoms with Crippen LogP contribution in [0, 0.1) is 5.92 Å². The molecule has 0 bridgehead atoms. The topological polar surface area (TPSA) is 87.0 Å². The number of hydrogen-bond donors (Lipinski definition) is 3. The summed E-state index contributed by atoms with van der Waals surface area (Å²) in [4.78, 5) is 12.4. The molecule has 0 saturated heterocycles. The summed E-state index contributed by atoms with van der Waals surface area (Å²) in [5, 5.41) is 29.1. The summed E-state index contributed by atoms with van der Waals surface area (Å²) in [6.45, 7) is 4.07. The van der Waals surface area contributed by atoms with Gasteiger partial charge in [-0.1, -0.05) is 13.8 Å². The number of carbonyl (C=O) groups is 1. The van der Waals surface area contributed by atoms with Crippen molar-refractivity contribution in [1.29, 1.82) is 0 Å². The summed E-state index contributed by atoms with van der Waals surface area (Å²) < 4.78 is 5.49. The van der Waals surface area contributed by atoms with Crippen LogP contribution in [0.3, 0.4) is 0 Å². The van der Waals surface area contributed by atoms with Crippen LogP contribution in [0.15, 0.2) is 42.5 Å². The van der Waals surface area contributed by atoms with Crippen LogP contribution in [-0.4, -0.2) is 27.7 Å². The Morgan fingerprint density at radius 2 is 1.65 bits per heavy atom. The number of aromatic hydroxyl groups is 2. The molecular formula is C18H20O5. The number of aliphatic hydroxyl groups excluding tert-OH is 1. The summed E-state index contributed by atoms with van der Waals surface area (Å²) in [6.07, 6.45) is -1.04. The zero-order valence-corrected chi connectivity index (χ0v) is 13.1. The Balaban J connectivity index is 0.000000924. The second-order valence-corrected chi connectivity index (χ2v) is 5.00. The molecule has 2 unspecified atom stereocenters. The van der Waals surface area contributed by atoms with Gasteiger partial charge in [-0.05, 0) is 42.5 Å². The van der Waals surface area contributed by atoms with Gasteiger partial charge in [0.1, 0.15) is 23.9 Å².